The molecule has 0 bridgehead atoms. The zero-order chi connectivity index (χ0) is 18.7. The van der Waals surface area contributed by atoms with Crippen molar-refractivity contribution in [3.8, 4) is 5.69 Å². The van der Waals surface area contributed by atoms with E-state index in [1.54, 1.807) is 23.3 Å². The number of hydrogen-bond acceptors (Lipinski definition) is 3. The van der Waals surface area contributed by atoms with Crippen molar-refractivity contribution in [2.45, 2.75) is 33.4 Å². The first-order chi connectivity index (χ1) is 12.5. The van der Waals surface area contributed by atoms with Crippen molar-refractivity contribution in [3.63, 3.8) is 0 Å². The summed E-state index contributed by atoms with van der Waals surface area (Å²) in [5.41, 5.74) is 3.36. The highest BCUT2D eigenvalue weighted by Gasteiger charge is 2.23. The number of nitrogens with zero attached hydrogens (tertiary/aromatic N) is 4. The lowest BCUT2D eigenvalue weighted by atomic mass is 10.1. The Morgan fingerprint density at radius 1 is 1.23 bits per heavy atom. The molecular formula is C20H21BrN4O. The van der Waals surface area contributed by atoms with Crippen LogP contribution in [0.2, 0.25) is 0 Å². The average molecular weight is 413 g/mol. The highest BCUT2D eigenvalue weighted by molar-refractivity contribution is 9.10. The van der Waals surface area contributed by atoms with Crippen molar-refractivity contribution >= 4 is 21.8 Å². The van der Waals surface area contributed by atoms with Gasteiger partial charge < -0.3 is 4.90 Å². The summed E-state index contributed by atoms with van der Waals surface area (Å²) in [6, 6.07) is 11.8. The van der Waals surface area contributed by atoms with E-state index in [0.717, 1.165) is 21.4 Å². The van der Waals surface area contributed by atoms with Crippen molar-refractivity contribution in [2.24, 2.45) is 0 Å². The Bertz CT molecular complexity index is 905. The first-order valence-corrected chi connectivity index (χ1v) is 9.27. The van der Waals surface area contributed by atoms with E-state index in [0.29, 0.717) is 12.1 Å². The molecular weight excluding hydrogens is 392 g/mol. The molecule has 0 spiro atoms. The third-order valence-electron chi connectivity index (χ3n) is 4.25. The molecule has 0 aliphatic carbocycles. The van der Waals surface area contributed by atoms with Crippen LogP contribution in [0.1, 0.15) is 35.5 Å². The number of aromatic nitrogens is 3. The molecule has 0 saturated carbocycles. The summed E-state index contributed by atoms with van der Waals surface area (Å²) in [5, 5.41) is 4.43. The summed E-state index contributed by atoms with van der Waals surface area (Å²) in [5.74, 6) is -0.0254. The molecule has 5 nitrogen and oxygen atoms in total. The zero-order valence-corrected chi connectivity index (χ0v) is 16.6. The predicted octanol–water partition coefficient (Wildman–Crippen LogP) is 4.39. The van der Waals surface area contributed by atoms with Crippen LogP contribution >= 0.6 is 15.9 Å². The Balaban J connectivity index is 1.91. The molecule has 1 amide bonds. The van der Waals surface area contributed by atoms with Gasteiger partial charge >= 0.3 is 0 Å². The van der Waals surface area contributed by atoms with Crippen molar-refractivity contribution in [3.05, 3.63) is 76.3 Å². The van der Waals surface area contributed by atoms with Crippen LogP contribution in [-0.4, -0.2) is 31.6 Å². The maximum absolute atomic E-state index is 13.2. The maximum atomic E-state index is 13.2. The Kier molecular flexibility index (Phi) is 5.52. The molecule has 26 heavy (non-hydrogen) atoms. The summed E-state index contributed by atoms with van der Waals surface area (Å²) >= 11 is 3.48. The van der Waals surface area contributed by atoms with Crippen LogP contribution in [0.25, 0.3) is 5.69 Å². The maximum Gasteiger partial charge on any atom is 0.257 e. The van der Waals surface area contributed by atoms with Crippen LogP contribution in [0.15, 0.2) is 59.5 Å². The summed E-state index contributed by atoms with van der Waals surface area (Å²) in [7, 11) is 0. The van der Waals surface area contributed by atoms with Crippen molar-refractivity contribution in [1.82, 2.24) is 19.7 Å². The fourth-order valence-electron chi connectivity index (χ4n) is 2.82. The SMILES string of the molecule is Cc1c(C(=O)N(Cc2cccnc2)C(C)C)cnn1-c1cccc(Br)c1. The van der Waals surface area contributed by atoms with Crippen molar-refractivity contribution < 1.29 is 4.79 Å². The second-order valence-corrected chi connectivity index (χ2v) is 7.34. The van der Waals surface area contributed by atoms with Crippen LogP contribution in [-0.2, 0) is 6.54 Å². The van der Waals surface area contributed by atoms with Crippen LogP contribution in [0.3, 0.4) is 0 Å². The molecule has 0 aliphatic rings. The lowest BCUT2D eigenvalue weighted by molar-refractivity contribution is 0.0689. The fraction of sp³-hybridized carbons (Fsp3) is 0.250. The molecule has 3 aromatic rings. The van der Waals surface area contributed by atoms with E-state index in [1.165, 1.54) is 0 Å². The Morgan fingerprint density at radius 3 is 2.69 bits per heavy atom. The molecule has 0 radical (unpaired) electrons. The van der Waals surface area contributed by atoms with E-state index in [1.807, 2.05) is 62.1 Å². The van der Waals surface area contributed by atoms with Crippen LogP contribution in [0.4, 0.5) is 0 Å². The lowest BCUT2D eigenvalue weighted by Crippen LogP contribution is -2.36. The number of carbonyl (C=O) groups is 1. The number of amides is 1. The lowest BCUT2D eigenvalue weighted by Gasteiger charge is -2.26. The summed E-state index contributed by atoms with van der Waals surface area (Å²) in [4.78, 5) is 19.1. The minimum atomic E-state index is -0.0254. The molecule has 2 heterocycles. The molecule has 134 valence electrons. The van der Waals surface area contributed by atoms with Crippen molar-refractivity contribution in [2.75, 3.05) is 0 Å². The predicted molar refractivity (Wildman–Crippen MR) is 105 cm³/mol. The van der Waals surface area contributed by atoms with Gasteiger partial charge in [-0.3, -0.25) is 9.78 Å². The molecule has 1 aromatic carbocycles. The minimum Gasteiger partial charge on any atom is -0.332 e. The van der Waals surface area contributed by atoms with Gasteiger partial charge in [0.1, 0.15) is 0 Å². The number of halogens is 1. The van der Waals surface area contributed by atoms with E-state index in [4.69, 9.17) is 0 Å². The van der Waals surface area contributed by atoms with E-state index < -0.39 is 0 Å². The number of carbonyl (C=O) groups excluding carboxylic acids is 1. The molecule has 0 atom stereocenters. The third kappa shape index (κ3) is 3.85. The van der Waals surface area contributed by atoms with Gasteiger partial charge in [0.05, 0.1) is 23.1 Å². The Hall–Kier alpha value is -2.47. The third-order valence-corrected chi connectivity index (χ3v) is 4.75. The minimum absolute atomic E-state index is 0.0254. The van der Waals surface area contributed by atoms with Gasteiger partial charge in [0.2, 0.25) is 0 Å². The van der Waals surface area contributed by atoms with Gasteiger partial charge in [0.15, 0.2) is 0 Å². The molecule has 0 N–H and O–H groups in total. The van der Waals surface area contributed by atoms with Gasteiger partial charge in [-0.2, -0.15) is 5.10 Å². The average Bonchev–Trinajstić information content (AvgIpc) is 3.01. The Morgan fingerprint density at radius 2 is 2.04 bits per heavy atom. The van der Waals surface area contributed by atoms with Crippen molar-refractivity contribution in [1.29, 1.82) is 0 Å². The van der Waals surface area contributed by atoms with E-state index in [-0.39, 0.29) is 11.9 Å². The van der Waals surface area contributed by atoms with E-state index in [2.05, 4.69) is 26.0 Å². The normalized spacial score (nSPS) is 11.0. The molecule has 0 unspecified atom stereocenters. The first kappa shape index (κ1) is 18.3. The number of hydrogen-bond donors (Lipinski definition) is 0. The molecule has 3 rings (SSSR count). The van der Waals surface area contributed by atoms with Gasteiger partial charge in [-0.15, -0.1) is 0 Å². The second-order valence-electron chi connectivity index (χ2n) is 6.42. The van der Waals surface area contributed by atoms with Gasteiger partial charge in [-0.1, -0.05) is 28.1 Å². The quantitative estimate of drug-likeness (QED) is 0.624. The fourth-order valence-corrected chi connectivity index (χ4v) is 3.21. The monoisotopic (exact) mass is 412 g/mol. The zero-order valence-electron chi connectivity index (χ0n) is 15.1. The van der Waals surface area contributed by atoms with E-state index in [9.17, 15) is 4.79 Å². The molecule has 0 saturated heterocycles. The number of pyridine rings is 1. The highest BCUT2D eigenvalue weighted by Crippen LogP contribution is 2.20. The highest BCUT2D eigenvalue weighted by atomic mass is 79.9. The second kappa shape index (κ2) is 7.83. The van der Waals surface area contributed by atoms with Gasteiger partial charge in [0.25, 0.3) is 5.91 Å². The first-order valence-electron chi connectivity index (χ1n) is 8.48. The van der Waals surface area contributed by atoms with Crippen LogP contribution in [0, 0.1) is 6.92 Å². The number of benzene rings is 1. The smallest absolute Gasteiger partial charge is 0.257 e. The van der Waals surface area contributed by atoms with Gasteiger partial charge in [-0.25, -0.2) is 4.68 Å². The molecule has 0 fully saturated rings. The van der Waals surface area contributed by atoms with Crippen LogP contribution in [0.5, 0.6) is 0 Å². The Labute approximate surface area is 161 Å². The van der Waals surface area contributed by atoms with Gasteiger partial charge in [-0.05, 0) is 50.6 Å². The summed E-state index contributed by atoms with van der Waals surface area (Å²) in [6.07, 6.45) is 5.18. The topological polar surface area (TPSA) is 51.0 Å². The summed E-state index contributed by atoms with van der Waals surface area (Å²) < 4.78 is 2.76. The summed E-state index contributed by atoms with van der Waals surface area (Å²) in [6.45, 7) is 6.47. The van der Waals surface area contributed by atoms with Crippen LogP contribution < -0.4 is 0 Å². The largest absolute Gasteiger partial charge is 0.332 e. The van der Waals surface area contributed by atoms with Gasteiger partial charge in [0, 0.05) is 29.5 Å². The molecule has 0 aliphatic heterocycles. The molecule has 6 heteroatoms. The standard InChI is InChI=1S/C20H21BrN4O/c1-14(2)24(13-16-6-5-9-22-11-16)20(26)19-12-23-25(15(19)3)18-8-4-7-17(21)10-18/h4-12,14H,13H2,1-3H3. The molecule has 2 aromatic heterocycles. The number of rotatable bonds is 5. The van der Waals surface area contributed by atoms with E-state index >= 15 is 0 Å².